The molecule has 0 saturated carbocycles. The smallest absolute Gasteiger partial charge is 0.158 e. The van der Waals surface area contributed by atoms with E-state index in [1.807, 2.05) is 0 Å². The lowest BCUT2D eigenvalue weighted by Gasteiger charge is -2.22. The zero-order valence-electron chi connectivity index (χ0n) is 6.25. The zero-order chi connectivity index (χ0) is 8.10. The number of ether oxygens (including phenoxy) is 2. The normalized spacial score (nSPS) is 24.9. The Hall–Kier alpha value is -0.610. The summed E-state index contributed by atoms with van der Waals surface area (Å²) in [6.45, 7) is 0.294. The third kappa shape index (κ3) is 3.34. The summed E-state index contributed by atoms with van der Waals surface area (Å²) < 4.78 is 9.98. The summed E-state index contributed by atoms with van der Waals surface area (Å²) in [6, 6.07) is 0. The molecule has 0 amide bonds. The minimum Gasteiger partial charge on any atom is -0.548 e. The zero-order valence-corrected chi connectivity index (χ0v) is 6.25. The number of rotatable bonds is 3. The van der Waals surface area contributed by atoms with Gasteiger partial charge in [-0.3, -0.25) is 0 Å². The molecule has 0 radical (unpaired) electrons. The number of carbonyl (C=O) groups excluding carboxylic acids is 1. The summed E-state index contributed by atoms with van der Waals surface area (Å²) in [5.74, 6) is -1.20. The highest BCUT2D eigenvalue weighted by Crippen LogP contribution is 2.12. The van der Waals surface area contributed by atoms with E-state index in [1.54, 1.807) is 0 Å². The topological polar surface area (TPSA) is 58.6 Å². The van der Waals surface area contributed by atoms with Crippen LogP contribution >= 0.6 is 0 Å². The fraction of sp³-hybridized carbons (Fsp3) is 0.857. The predicted octanol–water partition coefficient (Wildman–Crippen LogP) is -0.721. The number of hydrogen-bond donors (Lipinski definition) is 0. The van der Waals surface area contributed by atoms with Crippen molar-refractivity contribution in [1.82, 2.24) is 0 Å². The molecule has 1 rings (SSSR count). The third-order valence-corrected chi connectivity index (χ3v) is 1.52. The Labute approximate surface area is 65.1 Å². The van der Waals surface area contributed by atoms with Gasteiger partial charge in [0.1, 0.15) is 0 Å². The van der Waals surface area contributed by atoms with Crippen molar-refractivity contribution >= 4 is 5.97 Å². The van der Waals surface area contributed by atoms with Crippen molar-refractivity contribution in [1.29, 1.82) is 0 Å². The van der Waals surface area contributed by atoms with Gasteiger partial charge >= 0.3 is 0 Å². The van der Waals surface area contributed by atoms with Crippen LogP contribution in [0.3, 0.4) is 0 Å². The molecule has 1 unspecified atom stereocenters. The Morgan fingerprint density at radius 3 is 3.00 bits per heavy atom. The van der Waals surface area contributed by atoms with Crippen molar-refractivity contribution in [3.8, 4) is 0 Å². The minimum absolute atomic E-state index is 0.332. The summed E-state index contributed by atoms with van der Waals surface area (Å²) >= 11 is 0. The lowest BCUT2D eigenvalue weighted by atomic mass is 10.2. The van der Waals surface area contributed by atoms with Gasteiger partial charge in [-0.15, -0.1) is 0 Å². The second-order valence-corrected chi connectivity index (χ2v) is 2.48. The van der Waals surface area contributed by atoms with Crippen molar-refractivity contribution in [2.45, 2.75) is 25.6 Å². The molecule has 64 valence electrons. The molecule has 1 fully saturated rings. The van der Waals surface area contributed by atoms with Gasteiger partial charge < -0.3 is 19.4 Å². The number of hydrogen-bond acceptors (Lipinski definition) is 4. The van der Waals surface area contributed by atoms with Crippen LogP contribution in [-0.2, 0) is 14.3 Å². The first-order chi connectivity index (χ1) is 5.29. The summed E-state index contributed by atoms with van der Waals surface area (Å²) in [7, 11) is 0. The molecule has 4 heteroatoms. The molecule has 0 N–H and O–H groups in total. The largest absolute Gasteiger partial charge is 0.548 e. The van der Waals surface area contributed by atoms with E-state index in [9.17, 15) is 9.90 Å². The highest BCUT2D eigenvalue weighted by Gasteiger charge is 2.13. The van der Waals surface area contributed by atoms with E-state index in [-0.39, 0.29) is 12.9 Å². The molecule has 1 aliphatic rings. The fourth-order valence-corrected chi connectivity index (χ4v) is 1.00. The van der Waals surface area contributed by atoms with Crippen molar-refractivity contribution in [3.05, 3.63) is 0 Å². The van der Waals surface area contributed by atoms with E-state index in [0.29, 0.717) is 6.61 Å². The fourth-order valence-electron chi connectivity index (χ4n) is 1.00. The first kappa shape index (κ1) is 8.49. The molecule has 11 heavy (non-hydrogen) atoms. The van der Waals surface area contributed by atoms with Crippen molar-refractivity contribution in [2.75, 3.05) is 13.2 Å². The van der Waals surface area contributed by atoms with Crippen LogP contribution in [-0.4, -0.2) is 25.5 Å². The highest BCUT2D eigenvalue weighted by atomic mass is 16.7. The summed E-state index contributed by atoms with van der Waals surface area (Å²) in [6.07, 6.45) is 2.53. The molecule has 0 spiro atoms. The lowest BCUT2D eigenvalue weighted by molar-refractivity contribution is -0.314. The molecule has 0 bridgehead atoms. The van der Waals surface area contributed by atoms with Gasteiger partial charge in [0.25, 0.3) is 0 Å². The minimum atomic E-state index is -1.20. The molecular weight excluding hydrogens is 148 g/mol. The Bertz CT molecular complexity index is 128. The molecule has 0 aromatic carbocycles. The van der Waals surface area contributed by atoms with Crippen LogP contribution in [0.1, 0.15) is 19.3 Å². The van der Waals surface area contributed by atoms with Crippen molar-refractivity contribution in [3.63, 3.8) is 0 Å². The molecular formula is C7H11O4-. The first-order valence-electron chi connectivity index (χ1n) is 3.72. The SMILES string of the molecule is O=C([O-])COC1CCCCO1. The van der Waals surface area contributed by atoms with E-state index >= 15 is 0 Å². The van der Waals surface area contributed by atoms with Gasteiger partial charge in [0, 0.05) is 6.61 Å². The number of aliphatic carboxylic acids is 1. The third-order valence-electron chi connectivity index (χ3n) is 1.52. The highest BCUT2D eigenvalue weighted by molar-refractivity contribution is 5.65. The van der Waals surface area contributed by atoms with Crippen LogP contribution in [0, 0.1) is 0 Å². The monoisotopic (exact) mass is 159 g/mol. The van der Waals surface area contributed by atoms with Crippen molar-refractivity contribution in [2.24, 2.45) is 0 Å². The van der Waals surface area contributed by atoms with E-state index in [2.05, 4.69) is 0 Å². The van der Waals surface area contributed by atoms with E-state index in [1.165, 1.54) is 0 Å². The van der Waals surface area contributed by atoms with Crippen molar-refractivity contribution < 1.29 is 19.4 Å². The molecule has 0 aromatic rings. The summed E-state index contributed by atoms with van der Waals surface area (Å²) in [5.41, 5.74) is 0. The van der Waals surface area contributed by atoms with Gasteiger partial charge in [-0.05, 0) is 19.3 Å². The van der Waals surface area contributed by atoms with Crippen LogP contribution < -0.4 is 5.11 Å². The van der Waals surface area contributed by atoms with Crippen LogP contribution in [0.15, 0.2) is 0 Å². The molecule has 1 aliphatic heterocycles. The van der Waals surface area contributed by atoms with E-state index in [4.69, 9.17) is 9.47 Å². The lowest BCUT2D eigenvalue weighted by Crippen LogP contribution is -2.32. The Morgan fingerprint density at radius 2 is 2.45 bits per heavy atom. The molecule has 4 nitrogen and oxygen atoms in total. The maximum Gasteiger partial charge on any atom is 0.158 e. The standard InChI is InChI=1S/C7H12O4/c8-6(9)5-11-7-3-1-2-4-10-7/h7H,1-5H2,(H,8,9)/p-1. The van der Waals surface area contributed by atoms with Crippen LogP contribution in [0.4, 0.5) is 0 Å². The van der Waals surface area contributed by atoms with E-state index in [0.717, 1.165) is 19.3 Å². The Morgan fingerprint density at radius 1 is 1.64 bits per heavy atom. The first-order valence-corrected chi connectivity index (χ1v) is 3.72. The number of carbonyl (C=O) groups is 1. The maximum atomic E-state index is 9.95. The molecule has 1 atom stereocenters. The summed E-state index contributed by atoms with van der Waals surface area (Å²) in [4.78, 5) is 9.95. The molecule has 1 saturated heterocycles. The second kappa shape index (κ2) is 4.31. The average Bonchev–Trinajstić information content (AvgIpc) is 2.03. The molecule has 0 aromatic heterocycles. The van der Waals surface area contributed by atoms with E-state index < -0.39 is 5.97 Å². The van der Waals surface area contributed by atoms with Gasteiger partial charge in [0.15, 0.2) is 6.29 Å². The Kier molecular flexibility index (Phi) is 3.32. The van der Waals surface area contributed by atoms with Crippen LogP contribution in [0.2, 0.25) is 0 Å². The van der Waals surface area contributed by atoms with Gasteiger partial charge in [-0.1, -0.05) is 0 Å². The predicted molar refractivity (Wildman–Crippen MR) is 34.5 cm³/mol. The van der Waals surface area contributed by atoms with Gasteiger partial charge in [0.2, 0.25) is 0 Å². The number of carboxylic acids is 1. The molecule has 0 aliphatic carbocycles. The van der Waals surface area contributed by atoms with Gasteiger partial charge in [-0.25, -0.2) is 0 Å². The van der Waals surface area contributed by atoms with Gasteiger partial charge in [-0.2, -0.15) is 0 Å². The number of carboxylic acid groups (broad SMARTS) is 1. The second-order valence-electron chi connectivity index (χ2n) is 2.48. The quantitative estimate of drug-likeness (QED) is 0.545. The maximum absolute atomic E-state index is 9.95. The van der Waals surface area contributed by atoms with Gasteiger partial charge in [0.05, 0.1) is 12.6 Å². The average molecular weight is 159 g/mol. The van der Waals surface area contributed by atoms with Crippen LogP contribution in [0.5, 0.6) is 0 Å². The van der Waals surface area contributed by atoms with Crippen LogP contribution in [0.25, 0.3) is 0 Å². The Balaban J connectivity index is 2.09. The summed E-state index contributed by atoms with van der Waals surface area (Å²) in [5, 5.41) is 9.95. The molecule has 1 heterocycles.